The van der Waals surface area contributed by atoms with E-state index in [9.17, 15) is 0 Å². The number of aliphatic imine (C=N–C) groups is 1. The van der Waals surface area contributed by atoms with Crippen LogP contribution < -0.4 is 0 Å². The van der Waals surface area contributed by atoms with E-state index < -0.39 is 0 Å². The van der Waals surface area contributed by atoms with Gasteiger partial charge in [-0.25, -0.2) is 0 Å². The maximum Gasteiger partial charge on any atom is 0.0578 e. The van der Waals surface area contributed by atoms with Gasteiger partial charge in [0.25, 0.3) is 0 Å². The first-order valence-corrected chi connectivity index (χ1v) is 3.33. The lowest BCUT2D eigenvalue weighted by molar-refractivity contribution is 0.973. The summed E-state index contributed by atoms with van der Waals surface area (Å²) < 4.78 is 0. The van der Waals surface area contributed by atoms with Gasteiger partial charge in [-0.15, -0.1) is 0 Å². The summed E-state index contributed by atoms with van der Waals surface area (Å²) in [5.41, 5.74) is 2.23. The van der Waals surface area contributed by atoms with Crippen molar-refractivity contribution >= 4 is 6.21 Å². The molecule has 1 heterocycles. The fourth-order valence-corrected chi connectivity index (χ4v) is 0.856. The Bertz CT molecular complexity index is 225. The van der Waals surface area contributed by atoms with E-state index in [0.29, 0.717) is 0 Å². The van der Waals surface area contributed by atoms with Crippen LogP contribution in [0.4, 0.5) is 0 Å². The second-order valence-corrected chi connectivity index (χ2v) is 2.04. The average molecular weight is 137 g/mol. The molecule has 0 aliphatic rings. The SMILES string of the molecule is CCc1[nH]ncc1C=NC. The lowest BCUT2D eigenvalue weighted by Gasteiger charge is -1.89. The minimum Gasteiger partial charge on any atom is -0.296 e. The third-order valence-corrected chi connectivity index (χ3v) is 1.37. The Morgan fingerprint density at radius 2 is 2.60 bits per heavy atom. The summed E-state index contributed by atoms with van der Waals surface area (Å²) in [6.45, 7) is 2.08. The van der Waals surface area contributed by atoms with Crippen molar-refractivity contribution in [3.63, 3.8) is 0 Å². The molecule has 0 atom stereocenters. The predicted molar refractivity (Wildman–Crippen MR) is 41.5 cm³/mol. The first-order chi connectivity index (χ1) is 4.88. The Kier molecular flexibility index (Phi) is 2.20. The molecule has 0 aromatic carbocycles. The number of aromatic nitrogens is 2. The van der Waals surface area contributed by atoms with Crippen molar-refractivity contribution < 1.29 is 0 Å². The molecular formula is C7H11N3. The summed E-state index contributed by atoms with van der Waals surface area (Å²) in [4.78, 5) is 3.90. The normalized spacial score (nSPS) is 11.0. The summed E-state index contributed by atoms with van der Waals surface area (Å²) in [6.07, 6.45) is 4.56. The Morgan fingerprint density at radius 3 is 3.20 bits per heavy atom. The van der Waals surface area contributed by atoms with Crippen molar-refractivity contribution in [2.24, 2.45) is 4.99 Å². The first-order valence-electron chi connectivity index (χ1n) is 3.33. The smallest absolute Gasteiger partial charge is 0.0578 e. The molecule has 0 fully saturated rings. The van der Waals surface area contributed by atoms with E-state index in [4.69, 9.17) is 0 Å². The summed E-state index contributed by atoms with van der Waals surface area (Å²) in [5, 5.41) is 6.79. The third kappa shape index (κ3) is 1.23. The number of hydrogen-bond donors (Lipinski definition) is 1. The first kappa shape index (κ1) is 6.99. The second-order valence-electron chi connectivity index (χ2n) is 2.04. The van der Waals surface area contributed by atoms with Crippen LogP contribution in [-0.4, -0.2) is 23.5 Å². The van der Waals surface area contributed by atoms with E-state index in [1.807, 2.05) is 6.21 Å². The van der Waals surface area contributed by atoms with Crippen LogP contribution in [0.1, 0.15) is 18.2 Å². The molecule has 3 nitrogen and oxygen atoms in total. The number of nitrogens with one attached hydrogen (secondary N) is 1. The van der Waals surface area contributed by atoms with Crippen molar-refractivity contribution in [2.75, 3.05) is 7.05 Å². The molecule has 1 N–H and O–H groups in total. The van der Waals surface area contributed by atoms with Gasteiger partial charge in [0.15, 0.2) is 0 Å². The minimum absolute atomic E-state index is 0.974. The van der Waals surface area contributed by atoms with E-state index in [-0.39, 0.29) is 0 Å². The van der Waals surface area contributed by atoms with Crippen molar-refractivity contribution in [1.82, 2.24) is 10.2 Å². The van der Waals surface area contributed by atoms with Crippen LogP contribution in [0.5, 0.6) is 0 Å². The molecule has 0 radical (unpaired) electrons. The van der Waals surface area contributed by atoms with Crippen LogP contribution in [0.15, 0.2) is 11.2 Å². The van der Waals surface area contributed by atoms with Gasteiger partial charge in [0, 0.05) is 24.5 Å². The molecule has 0 amide bonds. The highest BCUT2D eigenvalue weighted by atomic mass is 15.1. The zero-order valence-electron chi connectivity index (χ0n) is 6.26. The summed E-state index contributed by atoms with van der Waals surface area (Å²) >= 11 is 0. The quantitative estimate of drug-likeness (QED) is 0.607. The molecule has 0 bridgehead atoms. The molecule has 54 valence electrons. The van der Waals surface area contributed by atoms with E-state index >= 15 is 0 Å². The fraction of sp³-hybridized carbons (Fsp3) is 0.429. The molecule has 10 heavy (non-hydrogen) atoms. The van der Waals surface area contributed by atoms with Crippen molar-refractivity contribution in [2.45, 2.75) is 13.3 Å². The number of rotatable bonds is 2. The minimum atomic E-state index is 0.974. The van der Waals surface area contributed by atoms with Crippen molar-refractivity contribution in [3.05, 3.63) is 17.5 Å². The van der Waals surface area contributed by atoms with Crippen LogP contribution in [0, 0.1) is 0 Å². The highest BCUT2D eigenvalue weighted by Gasteiger charge is 1.97. The van der Waals surface area contributed by atoms with Crippen LogP contribution in [0.25, 0.3) is 0 Å². The third-order valence-electron chi connectivity index (χ3n) is 1.37. The monoisotopic (exact) mass is 137 g/mol. The molecule has 0 saturated carbocycles. The summed E-state index contributed by atoms with van der Waals surface area (Å²) in [7, 11) is 1.76. The van der Waals surface area contributed by atoms with Crippen LogP contribution in [-0.2, 0) is 6.42 Å². The summed E-state index contributed by atoms with van der Waals surface area (Å²) in [6, 6.07) is 0. The largest absolute Gasteiger partial charge is 0.296 e. The second kappa shape index (κ2) is 3.15. The molecule has 0 aliphatic carbocycles. The Labute approximate surface area is 60.2 Å². The van der Waals surface area contributed by atoms with Gasteiger partial charge in [0.2, 0.25) is 0 Å². The number of H-pyrrole nitrogens is 1. The lowest BCUT2D eigenvalue weighted by atomic mass is 10.2. The molecule has 0 saturated heterocycles. The molecular weight excluding hydrogens is 126 g/mol. The number of nitrogens with zero attached hydrogens (tertiary/aromatic N) is 2. The highest BCUT2D eigenvalue weighted by molar-refractivity contribution is 5.80. The molecule has 1 aromatic heterocycles. The van der Waals surface area contributed by atoms with Gasteiger partial charge in [-0.05, 0) is 6.42 Å². The van der Waals surface area contributed by atoms with Gasteiger partial charge in [-0.2, -0.15) is 5.10 Å². The van der Waals surface area contributed by atoms with Gasteiger partial charge >= 0.3 is 0 Å². The predicted octanol–water partition coefficient (Wildman–Crippen LogP) is 1.02. The Balaban J connectivity index is 2.90. The maximum atomic E-state index is 3.90. The van der Waals surface area contributed by atoms with Crippen LogP contribution in [0.2, 0.25) is 0 Å². The highest BCUT2D eigenvalue weighted by Crippen LogP contribution is 2.00. The lowest BCUT2D eigenvalue weighted by Crippen LogP contribution is -1.86. The Hall–Kier alpha value is -1.12. The van der Waals surface area contributed by atoms with Gasteiger partial charge < -0.3 is 0 Å². The number of aryl methyl sites for hydroxylation is 1. The zero-order valence-corrected chi connectivity index (χ0v) is 6.26. The zero-order chi connectivity index (χ0) is 7.40. The standard InChI is InChI=1S/C7H11N3/c1-3-7-6(4-8-2)5-9-10-7/h4-5H,3H2,1-2H3,(H,9,10). The van der Waals surface area contributed by atoms with Crippen molar-refractivity contribution in [1.29, 1.82) is 0 Å². The van der Waals surface area contributed by atoms with Gasteiger partial charge in [0.1, 0.15) is 0 Å². The molecule has 0 spiro atoms. The van der Waals surface area contributed by atoms with Crippen LogP contribution >= 0.6 is 0 Å². The summed E-state index contributed by atoms with van der Waals surface area (Å²) in [5.74, 6) is 0. The van der Waals surface area contributed by atoms with E-state index in [1.54, 1.807) is 13.2 Å². The van der Waals surface area contributed by atoms with E-state index in [1.165, 1.54) is 0 Å². The molecule has 0 unspecified atom stereocenters. The topological polar surface area (TPSA) is 41.0 Å². The molecule has 1 aromatic rings. The Morgan fingerprint density at radius 1 is 1.80 bits per heavy atom. The van der Waals surface area contributed by atoms with Gasteiger partial charge in [-0.3, -0.25) is 10.1 Å². The average Bonchev–Trinajstić information content (AvgIpc) is 2.36. The van der Waals surface area contributed by atoms with Gasteiger partial charge in [0.05, 0.1) is 6.20 Å². The number of aromatic amines is 1. The molecule has 3 heteroatoms. The van der Waals surface area contributed by atoms with Crippen LogP contribution in [0.3, 0.4) is 0 Å². The van der Waals surface area contributed by atoms with E-state index in [0.717, 1.165) is 17.7 Å². The van der Waals surface area contributed by atoms with Crippen molar-refractivity contribution in [3.8, 4) is 0 Å². The maximum absolute atomic E-state index is 3.90. The molecule has 1 rings (SSSR count). The molecule has 0 aliphatic heterocycles. The fourth-order valence-electron chi connectivity index (χ4n) is 0.856. The van der Waals surface area contributed by atoms with E-state index in [2.05, 4.69) is 22.1 Å². The van der Waals surface area contributed by atoms with Gasteiger partial charge in [-0.1, -0.05) is 6.92 Å². The number of hydrogen-bond acceptors (Lipinski definition) is 2.